The van der Waals surface area contributed by atoms with Crippen molar-refractivity contribution >= 4 is 33.1 Å². The van der Waals surface area contributed by atoms with Crippen LogP contribution in [0.4, 0.5) is 0 Å². The van der Waals surface area contributed by atoms with Crippen molar-refractivity contribution in [3.63, 3.8) is 0 Å². The second-order valence-corrected chi connectivity index (χ2v) is 9.98. The van der Waals surface area contributed by atoms with Crippen molar-refractivity contribution in [2.24, 2.45) is 0 Å². The van der Waals surface area contributed by atoms with E-state index < -0.39 is 61.9 Å². The molecule has 1 aliphatic rings. The number of rotatable bonds is 11. The summed E-state index contributed by atoms with van der Waals surface area (Å²) in [6, 6.07) is 7.98. The van der Waals surface area contributed by atoms with Crippen molar-refractivity contribution in [1.82, 2.24) is 0 Å². The number of hydrogen-bond donors (Lipinski definition) is 5. The molecular weight excluding hydrogens is 494 g/mol. The summed E-state index contributed by atoms with van der Waals surface area (Å²) in [6.07, 6.45) is -4.45. The second kappa shape index (κ2) is 13.3. The molecule has 2 rings (SSSR count). The van der Waals surface area contributed by atoms with Gasteiger partial charge in [-0.25, -0.2) is 9.35 Å². The number of ether oxygens (including phenoxy) is 2. The van der Waals surface area contributed by atoms with E-state index in [2.05, 4.69) is 0 Å². The van der Waals surface area contributed by atoms with Crippen LogP contribution in [0.1, 0.15) is 42.5 Å². The van der Waals surface area contributed by atoms with Crippen molar-refractivity contribution in [1.29, 1.82) is 0 Å². The first kappa shape index (κ1) is 28.5. The van der Waals surface area contributed by atoms with E-state index in [0.717, 1.165) is 0 Å². The Kier molecular flexibility index (Phi) is 11.2. The number of benzene rings is 1. The summed E-state index contributed by atoms with van der Waals surface area (Å²) in [7, 11) is -5.15. The first-order valence-corrected chi connectivity index (χ1v) is 12.8. The molecule has 14 heteroatoms. The second-order valence-electron chi connectivity index (χ2n) is 7.58. The van der Waals surface area contributed by atoms with Crippen molar-refractivity contribution in [2.45, 2.75) is 62.0 Å². The maximum Gasteiger partial charge on any atom is 0.518 e. The predicted molar refractivity (Wildman–Crippen MR) is 121 cm³/mol. The van der Waals surface area contributed by atoms with Crippen LogP contribution in [0.3, 0.4) is 0 Å². The van der Waals surface area contributed by atoms with Gasteiger partial charge in [-0.3, -0.25) is 0 Å². The molecule has 5 unspecified atom stereocenters. The fraction of sp³-hybridized carbons (Fsp3) is 0.600. The zero-order valence-corrected chi connectivity index (χ0v) is 19.8. The van der Waals surface area contributed by atoms with E-state index in [1.165, 1.54) is 12.1 Å². The lowest BCUT2D eigenvalue weighted by Crippen LogP contribution is -2.58. The largest absolute Gasteiger partial charge is 0.605 e. The summed E-state index contributed by atoms with van der Waals surface area (Å²) >= 11 is 0.470. The monoisotopic (exact) mass is 523 g/mol. The molecule has 0 amide bonds. The van der Waals surface area contributed by atoms with E-state index in [9.17, 15) is 33.7 Å². The van der Waals surface area contributed by atoms with Gasteiger partial charge in [0.05, 0.1) is 5.56 Å². The van der Waals surface area contributed by atoms with Gasteiger partial charge in [-0.15, -0.1) is 8.42 Å². The van der Waals surface area contributed by atoms with Gasteiger partial charge >= 0.3 is 16.3 Å². The molecule has 34 heavy (non-hydrogen) atoms. The molecule has 1 saturated heterocycles. The maximum atomic E-state index is 12.2. The number of carbonyl (C=O) groups is 1. The Morgan fingerprint density at radius 2 is 1.71 bits per heavy atom. The Hall–Kier alpha value is -1.78. The number of aliphatic hydroxyl groups excluding tert-OH is 4. The third-order valence-corrected chi connectivity index (χ3v) is 7.04. The van der Waals surface area contributed by atoms with E-state index >= 15 is 0 Å². The minimum atomic E-state index is -5.15. The Bertz CT molecular complexity index is 926. The molecule has 0 saturated carbocycles. The molecular formula is C20H29NO11S2. The zero-order chi connectivity index (χ0) is 25.3. The molecule has 5 N–H and O–H groups in total. The van der Waals surface area contributed by atoms with E-state index in [0.29, 0.717) is 37.4 Å². The maximum absolute atomic E-state index is 12.2. The number of unbranched alkanes of at least 4 members (excludes halogenated alkanes) is 3. The number of esters is 1. The number of carbonyl (C=O) groups excluding carboxylic acids is 1. The Morgan fingerprint density at radius 1 is 1.06 bits per heavy atom. The van der Waals surface area contributed by atoms with Gasteiger partial charge in [-0.05, 0) is 36.7 Å². The lowest BCUT2D eigenvalue weighted by atomic mass is 10.0. The van der Waals surface area contributed by atoms with Gasteiger partial charge in [0, 0.05) is 13.0 Å². The number of hydrogen-bond acceptors (Lipinski definition) is 11. The van der Waals surface area contributed by atoms with Gasteiger partial charge in [0.2, 0.25) is 5.04 Å². The Labute approximate surface area is 201 Å². The molecule has 0 aliphatic carbocycles. The van der Waals surface area contributed by atoms with Crippen LogP contribution in [-0.2, 0) is 19.8 Å². The Balaban J connectivity index is 2.11. The van der Waals surface area contributed by atoms with Crippen LogP contribution < -0.4 is 0 Å². The van der Waals surface area contributed by atoms with E-state index in [1.807, 2.05) is 0 Å². The highest BCUT2D eigenvalue weighted by molar-refractivity contribution is 8.14. The highest BCUT2D eigenvalue weighted by atomic mass is 32.2. The SMILES string of the molecule is O=C(OCC1OC(SC(CCCCCCO)=[N+]([O-])S(=O)(=O)O)C(O)C(O)C1O)c1ccccc1. The Morgan fingerprint density at radius 3 is 2.32 bits per heavy atom. The van der Waals surface area contributed by atoms with Gasteiger partial charge < -0.3 is 35.1 Å². The molecule has 192 valence electrons. The van der Waals surface area contributed by atoms with Crippen molar-refractivity contribution in [3.8, 4) is 0 Å². The fourth-order valence-electron chi connectivity index (χ4n) is 3.16. The summed E-state index contributed by atoms with van der Waals surface area (Å²) in [6.45, 7) is -0.506. The normalized spacial score (nSPS) is 26.1. The predicted octanol–water partition coefficient (Wildman–Crippen LogP) is 0.0386. The molecule has 1 aromatic carbocycles. The van der Waals surface area contributed by atoms with Gasteiger partial charge in [0.15, 0.2) is 0 Å². The number of thioether (sulfide) groups is 1. The summed E-state index contributed by atoms with van der Waals surface area (Å²) in [5, 5.41) is 51.3. The highest BCUT2D eigenvalue weighted by Crippen LogP contribution is 2.31. The van der Waals surface area contributed by atoms with Crippen LogP contribution in [0.2, 0.25) is 0 Å². The van der Waals surface area contributed by atoms with Gasteiger partial charge in [-0.1, -0.05) is 35.2 Å². The quantitative estimate of drug-likeness (QED) is 0.0382. The van der Waals surface area contributed by atoms with E-state index in [4.69, 9.17) is 19.1 Å². The topological polar surface area (TPSA) is 197 Å². The highest BCUT2D eigenvalue weighted by Gasteiger charge is 2.46. The van der Waals surface area contributed by atoms with Gasteiger partial charge in [0.1, 0.15) is 36.5 Å². The summed E-state index contributed by atoms with van der Waals surface area (Å²) in [5.41, 5.74) is -1.17. The average Bonchev–Trinajstić information content (AvgIpc) is 2.81. The summed E-state index contributed by atoms with van der Waals surface area (Å²) in [5.74, 6) is -0.714. The molecule has 0 bridgehead atoms. The van der Waals surface area contributed by atoms with E-state index in [-0.39, 0.29) is 18.6 Å². The van der Waals surface area contributed by atoms with Crippen molar-refractivity contribution in [3.05, 3.63) is 41.1 Å². The third-order valence-electron chi connectivity index (χ3n) is 5.02. The molecule has 0 radical (unpaired) electrons. The number of nitrogens with zero attached hydrogens (tertiary/aromatic N) is 1. The lowest BCUT2D eigenvalue weighted by Gasteiger charge is -2.39. The minimum absolute atomic E-state index is 0.0113. The standard InChI is InChI=1S/C20H29NO11S2/c22-11-7-2-1-6-10-15(21(27)34(28,29)30)33-20-18(25)17(24)16(23)14(32-20)12-31-19(26)13-8-4-3-5-9-13/h3-5,8-9,14,16-18,20,22-25H,1-2,6-7,10-12H2,(H,28,29,30). The zero-order valence-electron chi connectivity index (χ0n) is 18.2. The molecule has 12 nitrogen and oxygen atoms in total. The lowest BCUT2D eigenvalue weighted by molar-refractivity contribution is -0.290. The van der Waals surface area contributed by atoms with Crippen LogP contribution in [0, 0.1) is 5.21 Å². The van der Waals surface area contributed by atoms with Gasteiger partial charge in [0.25, 0.3) is 0 Å². The molecule has 1 aromatic rings. The van der Waals surface area contributed by atoms with Gasteiger partial charge in [-0.2, -0.15) is 0 Å². The molecule has 1 fully saturated rings. The smallest absolute Gasteiger partial charge is 0.518 e. The molecule has 1 aliphatic heterocycles. The fourth-order valence-corrected chi connectivity index (χ4v) is 5.04. The van der Waals surface area contributed by atoms with Crippen LogP contribution in [0.15, 0.2) is 30.3 Å². The molecule has 0 aromatic heterocycles. The third kappa shape index (κ3) is 8.16. The number of aliphatic hydroxyl groups is 4. The van der Waals surface area contributed by atoms with Crippen LogP contribution in [0.5, 0.6) is 0 Å². The molecule has 5 atom stereocenters. The summed E-state index contributed by atoms with van der Waals surface area (Å²) < 4.78 is 42.0. The van der Waals surface area contributed by atoms with Crippen LogP contribution in [0.25, 0.3) is 0 Å². The summed E-state index contributed by atoms with van der Waals surface area (Å²) in [4.78, 5) is 12.2. The van der Waals surface area contributed by atoms with E-state index in [1.54, 1.807) is 18.2 Å². The van der Waals surface area contributed by atoms with Crippen LogP contribution >= 0.6 is 11.8 Å². The molecule has 1 heterocycles. The van der Waals surface area contributed by atoms with Crippen molar-refractivity contribution in [2.75, 3.05) is 13.2 Å². The first-order valence-electron chi connectivity index (χ1n) is 10.6. The average molecular weight is 524 g/mol. The first-order chi connectivity index (χ1) is 16.1. The molecule has 0 spiro atoms. The minimum Gasteiger partial charge on any atom is -0.605 e. The van der Waals surface area contributed by atoms with Crippen LogP contribution in [-0.4, -0.2) is 91.6 Å². The van der Waals surface area contributed by atoms with Crippen molar-refractivity contribution < 1.29 is 51.8 Å².